The molecule has 1 fully saturated rings. The van der Waals surface area contributed by atoms with E-state index in [0.29, 0.717) is 11.8 Å². The summed E-state index contributed by atoms with van der Waals surface area (Å²) in [7, 11) is 0. The average molecular weight is 275 g/mol. The SMILES string of the molecule is C[C@H](Oc1ccc(C=NC2CCCCC2)cc1)C(=O)O. The quantitative estimate of drug-likeness (QED) is 0.839. The number of ether oxygens (including phenoxy) is 1. The van der Waals surface area contributed by atoms with E-state index in [-0.39, 0.29) is 0 Å². The van der Waals surface area contributed by atoms with Crippen LogP contribution in [-0.4, -0.2) is 29.4 Å². The normalized spacial score (nSPS) is 18.1. The highest BCUT2D eigenvalue weighted by Gasteiger charge is 2.12. The standard InChI is InChI=1S/C16H21NO3/c1-12(16(18)19)20-15-9-7-13(8-10-15)11-17-14-5-3-2-4-6-14/h7-12,14H,2-6H2,1H3,(H,18,19)/t12-/m0/s1. The van der Waals surface area contributed by atoms with Gasteiger partial charge in [-0.05, 0) is 49.6 Å². The summed E-state index contributed by atoms with van der Waals surface area (Å²) in [4.78, 5) is 15.3. The first kappa shape index (κ1) is 14.6. The van der Waals surface area contributed by atoms with Crippen molar-refractivity contribution in [1.82, 2.24) is 0 Å². The molecule has 0 radical (unpaired) electrons. The molecule has 4 nitrogen and oxygen atoms in total. The van der Waals surface area contributed by atoms with Gasteiger partial charge >= 0.3 is 5.97 Å². The number of hydrogen-bond acceptors (Lipinski definition) is 3. The van der Waals surface area contributed by atoms with E-state index in [9.17, 15) is 4.79 Å². The number of rotatable bonds is 5. The maximum atomic E-state index is 10.7. The molecular weight excluding hydrogens is 254 g/mol. The van der Waals surface area contributed by atoms with Gasteiger partial charge in [0.15, 0.2) is 6.10 Å². The van der Waals surface area contributed by atoms with Crippen LogP contribution in [0.25, 0.3) is 0 Å². The number of carboxylic acid groups (broad SMARTS) is 1. The summed E-state index contributed by atoms with van der Waals surface area (Å²) in [6.07, 6.45) is 7.34. The molecule has 0 bridgehead atoms. The Morgan fingerprint density at radius 2 is 1.95 bits per heavy atom. The molecule has 20 heavy (non-hydrogen) atoms. The van der Waals surface area contributed by atoms with Crippen molar-refractivity contribution < 1.29 is 14.6 Å². The van der Waals surface area contributed by atoms with Crippen LogP contribution in [0.1, 0.15) is 44.6 Å². The monoisotopic (exact) mass is 275 g/mol. The molecule has 1 N–H and O–H groups in total. The Hall–Kier alpha value is -1.84. The van der Waals surface area contributed by atoms with E-state index in [4.69, 9.17) is 9.84 Å². The fraction of sp³-hybridized carbons (Fsp3) is 0.500. The molecule has 0 unspecified atom stereocenters. The third-order valence-electron chi connectivity index (χ3n) is 3.55. The second kappa shape index (κ2) is 7.08. The van der Waals surface area contributed by atoms with Gasteiger partial charge in [0.1, 0.15) is 5.75 Å². The van der Waals surface area contributed by atoms with Crippen LogP contribution in [0.4, 0.5) is 0 Å². The Balaban J connectivity index is 1.90. The van der Waals surface area contributed by atoms with E-state index < -0.39 is 12.1 Å². The van der Waals surface area contributed by atoms with Crippen molar-refractivity contribution >= 4 is 12.2 Å². The minimum atomic E-state index is -0.965. The first-order chi connectivity index (χ1) is 9.65. The second-order valence-corrected chi connectivity index (χ2v) is 5.24. The summed E-state index contributed by atoms with van der Waals surface area (Å²) in [5.41, 5.74) is 1.02. The Kier molecular flexibility index (Phi) is 5.16. The van der Waals surface area contributed by atoms with Crippen LogP contribution in [0.2, 0.25) is 0 Å². The zero-order chi connectivity index (χ0) is 14.4. The largest absolute Gasteiger partial charge is 0.479 e. The molecule has 1 saturated carbocycles. The summed E-state index contributed by atoms with van der Waals surface area (Å²) in [6, 6.07) is 7.82. The van der Waals surface area contributed by atoms with Gasteiger partial charge in [0.25, 0.3) is 0 Å². The third-order valence-corrected chi connectivity index (χ3v) is 3.55. The third kappa shape index (κ3) is 4.37. The molecule has 0 saturated heterocycles. The Labute approximate surface area is 119 Å². The van der Waals surface area contributed by atoms with Crippen LogP contribution < -0.4 is 4.74 Å². The zero-order valence-corrected chi connectivity index (χ0v) is 11.8. The molecule has 4 heteroatoms. The number of carboxylic acids is 1. The summed E-state index contributed by atoms with van der Waals surface area (Å²) in [5.74, 6) is -0.400. The Morgan fingerprint density at radius 3 is 2.55 bits per heavy atom. The smallest absolute Gasteiger partial charge is 0.344 e. The van der Waals surface area contributed by atoms with Gasteiger partial charge in [-0.1, -0.05) is 19.3 Å². The second-order valence-electron chi connectivity index (χ2n) is 5.24. The number of carbonyl (C=O) groups is 1. The van der Waals surface area contributed by atoms with Crippen LogP contribution in [0, 0.1) is 0 Å². The van der Waals surface area contributed by atoms with Gasteiger partial charge in [-0.25, -0.2) is 4.79 Å². The first-order valence-corrected chi connectivity index (χ1v) is 7.18. The number of aliphatic imine (C=N–C) groups is 1. The lowest BCUT2D eigenvalue weighted by atomic mass is 9.96. The molecule has 0 aromatic heterocycles. The maximum absolute atomic E-state index is 10.7. The van der Waals surface area contributed by atoms with Crippen LogP contribution in [-0.2, 0) is 4.79 Å². The minimum absolute atomic E-state index is 0.465. The molecule has 108 valence electrons. The fourth-order valence-electron chi connectivity index (χ4n) is 2.31. The minimum Gasteiger partial charge on any atom is -0.479 e. The van der Waals surface area contributed by atoms with Crippen molar-refractivity contribution in [3.05, 3.63) is 29.8 Å². The van der Waals surface area contributed by atoms with Crippen LogP contribution in [0.15, 0.2) is 29.3 Å². The number of hydrogen-bond donors (Lipinski definition) is 1. The Bertz CT molecular complexity index is 461. The summed E-state index contributed by atoms with van der Waals surface area (Å²) >= 11 is 0. The maximum Gasteiger partial charge on any atom is 0.344 e. The van der Waals surface area contributed by atoms with Crippen molar-refractivity contribution in [2.45, 2.75) is 51.2 Å². The van der Waals surface area contributed by atoms with E-state index in [2.05, 4.69) is 4.99 Å². The van der Waals surface area contributed by atoms with Gasteiger partial charge in [0.2, 0.25) is 0 Å². The van der Waals surface area contributed by atoms with Gasteiger partial charge in [-0.2, -0.15) is 0 Å². The predicted molar refractivity (Wildman–Crippen MR) is 78.6 cm³/mol. The van der Waals surface area contributed by atoms with Crippen molar-refractivity contribution in [2.75, 3.05) is 0 Å². The van der Waals surface area contributed by atoms with E-state index in [1.54, 1.807) is 12.1 Å². The summed E-state index contributed by atoms with van der Waals surface area (Å²) < 4.78 is 5.28. The molecule has 0 aliphatic heterocycles. The number of aliphatic carboxylic acids is 1. The molecular formula is C16H21NO3. The number of nitrogens with zero attached hydrogens (tertiary/aromatic N) is 1. The molecule has 1 aromatic rings. The lowest BCUT2D eigenvalue weighted by molar-refractivity contribution is -0.144. The highest BCUT2D eigenvalue weighted by atomic mass is 16.5. The first-order valence-electron chi connectivity index (χ1n) is 7.18. The van der Waals surface area contributed by atoms with Crippen molar-refractivity contribution in [3.63, 3.8) is 0 Å². The number of benzene rings is 1. The summed E-state index contributed by atoms with van der Waals surface area (Å²) in [5, 5.41) is 8.78. The predicted octanol–water partition coefficient (Wildman–Crippen LogP) is 3.29. The van der Waals surface area contributed by atoms with Crippen molar-refractivity contribution in [3.8, 4) is 5.75 Å². The van der Waals surface area contributed by atoms with Crippen molar-refractivity contribution in [2.24, 2.45) is 4.99 Å². The molecule has 1 atom stereocenters. The van der Waals surface area contributed by atoms with Gasteiger partial charge < -0.3 is 9.84 Å². The van der Waals surface area contributed by atoms with E-state index in [0.717, 1.165) is 5.56 Å². The van der Waals surface area contributed by atoms with Gasteiger partial charge in [-0.3, -0.25) is 4.99 Å². The Morgan fingerprint density at radius 1 is 1.30 bits per heavy atom. The molecule has 0 spiro atoms. The van der Waals surface area contributed by atoms with Crippen LogP contribution in [0.3, 0.4) is 0 Å². The van der Waals surface area contributed by atoms with E-state index in [1.807, 2.05) is 18.3 Å². The highest BCUT2D eigenvalue weighted by Crippen LogP contribution is 2.20. The molecule has 0 heterocycles. The van der Waals surface area contributed by atoms with Gasteiger partial charge in [0.05, 0.1) is 0 Å². The summed E-state index contributed by atoms with van der Waals surface area (Å²) in [6.45, 7) is 1.51. The van der Waals surface area contributed by atoms with Gasteiger partial charge in [0, 0.05) is 12.3 Å². The molecule has 1 aliphatic rings. The van der Waals surface area contributed by atoms with Crippen molar-refractivity contribution in [1.29, 1.82) is 0 Å². The molecule has 0 amide bonds. The highest BCUT2D eigenvalue weighted by molar-refractivity contribution is 5.80. The molecule has 2 rings (SSSR count). The lowest BCUT2D eigenvalue weighted by Crippen LogP contribution is -2.22. The fourth-order valence-corrected chi connectivity index (χ4v) is 2.31. The van der Waals surface area contributed by atoms with Gasteiger partial charge in [-0.15, -0.1) is 0 Å². The lowest BCUT2D eigenvalue weighted by Gasteiger charge is -2.17. The van der Waals surface area contributed by atoms with Crippen LogP contribution >= 0.6 is 0 Å². The average Bonchev–Trinajstić information content (AvgIpc) is 2.47. The molecule has 1 aliphatic carbocycles. The van der Waals surface area contributed by atoms with E-state index >= 15 is 0 Å². The van der Waals surface area contributed by atoms with Crippen LogP contribution in [0.5, 0.6) is 5.75 Å². The topological polar surface area (TPSA) is 58.9 Å². The molecule has 1 aromatic carbocycles. The zero-order valence-electron chi connectivity index (χ0n) is 11.8. The van der Waals surface area contributed by atoms with E-state index in [1.165, 1.54) is 39.0 Å².